The van der Waals surface area contributed by atoms with Crippen LogP contribution in [-0.2, 0) is 9.74 Å². The maximum Gasteiger partial charge on any atom is 0.417 e. The number of rotatable bonds is 6. The van der Waals surface area contributed by atoms with Crippen molar-refractivity contribution in [3.05, 3.63) is 0 Å². The Morgan fingerprint density at radius 1 is 1.53 bits per heavy atom. The van der Waals surface area contributed by atoms with Crippen molar-refractivity contribution in [2.75, 3.05) is 0 Å². The Morgan fingerprint density at radius 2 is 2.13 bits per heavy atom. The van der Waals surface area contributed by atoms with E-state index in [1.54, 1.807) is 0 Å². The first kappa shape index (κ1) is 13.8. The van der Waals surface area contributed by atoms with Gasteiger partial charge in [0.25, 0.3) is 0 Å². The van der Waals surface area contributed by atoms with Crippen LogP contribution in [0, 0.1) is 17.2 Å². The molecule has 0 amide bonds. The zero-order chi connectivity index (χ0) is 11.9. The summed E-state index contributed by atoms with van der Waals surface area (Å²) in [6, 6.07) is 1.85. The van der Waals surface area contributed by atoms with E-state index in [4.69, 9.17) is 5.26 Å². The van der Waals surface area contributed by atoms with Crippen molar-refractivity contribution in [3.8, 4) is 6.07 Å². The molecule has 0 heterocycles. The van der Waals surface area contributed by atoms with E-state index in [2.05, 4.69) is 4.94 Å². The fourth-order valence-electron chi connectivity index (χ4n) is 1.14. The van der Waals surface area contributed by atoms with Gasteiger partial charge in [-0.25, -0.2) is 9.74 Å². The number of nitrogens with zero attached hydrogens (tertiary/aromatic N) is 1. The second kappa shape index (κ2) is 6.27. The molecule has 1 atom stereocenters. The van der Waals surface area contributed by atoms with Crippen LogP contribution < -0.4 is 0 Å². The van der Waals surface area contributed by atoms with Gasteiger partial charge in [-0.15, -0.1) is 0 Å². The first-order valence-electron chi connectivity index (χ1n) is 4.58. The van der Waals surface area contributed by atoms with E-state index < -0.39 is 24.2 Å². The SMILES string of the molecule is CCCC(C#N)CCC(F)(F)C(=O)OF. The minimum Gasteiger partial charge on any atom is -0.248 e. The molecule has 6 heteroatoms. The molecule has 0 bridgehead atoms. The molecule has 0 spiro atoms. The molecule has 0 saturated carbocycles. The second-order valence-electron chi connectivity index (χ2n) is 3.22. The molecule has 15 heavy (non-hydrogen) atoms. The van der Waals surface area contributed by atoms with Crippen LogP contribution in [0.4, 0.5) is 13.3 Å². The van der Waals surface area contributed by atoms with E-state index in [1.165, 1.54) is 0 Å². The Morgan fingerprint density at radius 3 is 2.53 bits per heavy atom. The average Bonchev–Trinajstić information content (AvgIpc) is 2.22. The maximum atomic E-state index is 12.7. The van der Waals surface area contributed by atoms with Crippen LogP contribution in [0.25, 0.3) is 0 Å². The summed E-state index contributed by atoms with van der Waals surface area (Å²) in [6.07, 6.45) is 0.162. The van der Waals surface area contributed by atoms with Crippen molar-refractivity contribution in [2.45, 2.75) is 38.5 Å². The van der Waals surface area contributed by atoms with Gasteiger partial charge in [0.05, 0.1) is 6.07 Å². The number of carbonyl (C=O) groups is 1. The molecule has 0 aliphatic heterocycles. The van der Waals surface area contributed by atoms with E-state index in [0.29, 0.717) is 12.8 Å². The molecule has 0 aromatic carbocycles. The number of hydrogen-bond donors (Lipinski definition) is 0. The molecule has 1 unspecified atom stereocenters. The van der Waals surface area contributed by atoms with Crippen molar-refractivity contribution in [2.24, 2.45) is 5.92 Å². The lowest BCUT2D eigenvalue weighted by Gasteiger charge is -2.13. The number of carbonyl (C=O) groups excluding carboxylic acids is 1. The Balaban J connectivity index is 4.13. The summed E-state index contributed by atoms with van der Waals surface area (Å²) >= 11 is 0. The first-order valence-corrected chi connectivity index (χ1v) is 4.58. The van der Waals surface area contributed by atoms with E-state index in [0.717, 1.165) is 0 Å². The Kier molecular flexibility index (Phi) is 5.75. The molecule has 86 valence electrons. The largest absolute Gasteiger partial charge is 0.417 e. The van der Waals surface area contributed by atoms with Gasteiger partial charge < -0.3 is 0 Å². The molecular weight excluding hydrogens is 211 g/mol. The van der Waals surface area contributed by atoms with Crippen LogP contribution >= 0.6 is 0 Å². The number of nitriles is 1. The predicted octanol–water partition coefficient (Wildman–Crippen LogP) is 2.77. The third kappa shape index (κ3) is 4.68. The molecule has 0 rings (SSSR count). The molecule has 0 aliphatic carbocycles. The Labute approximate surface area is 85.7 Å². The van der Waals surface area contributed by atoms with E-state index in [1.807, 2.05) is 13.0 Å². The zero-order valence-electron chi connectivity index (χ0n) is 8.30. The van der Waals surface area contributed by atoms with E-state index in [9.17, 15) is 18.1 Å². The lowest BCUT2D eigenvalue weighted by molar-refractivity contribution is -0.212. The molecule has 0 aliphatic rings. The molecular formula is C9H12F3NO2. The van der Waals surface area contributed by atoms with Crippen LogP contribution in [0.3, 0.4) is 0 Å². The zero-order valence-corrected chi connectivity index (χ0v) is 8.30. The molecule has 0 aromatic rings. The molecule has 0 radical (unpaired) electrons. The van der Waals surface area contributed by atoms with E-state index in [-0.39, 0.29) is 6.42 Å². The summed E-state index contributed by atoms with van der Waals surface area (Å²) in [5.74, 6) is -6.58. The lowest BCUT2D eigenvalue weighted by atomic mass is 9.97. The number of halogens is 3. The summed E-state index contributed by atoms with van der Waals surface area (Å²) in [5, 5.41) is 8.56. The van der Waals surface area contributed by atoms with Crippen LogP contribution in [0.15, 0.2) is 0 Å². The molecule has 0 N–H and O–H groups in total. The van der Waals surface area contributed by atoms with Crippen molar-refractivity contribution in [1.82, 2.24) is 0 Å². The summed E-state index contributed by atoms with van der Waals surface area (Å²) in [5.41, 5.74) is 0. The van der Waals surface area contributed by atoms with Gasteiger partial charge in [-0.3, -0.25) is 0 Å². The smallest absolute Gasteiger partial charge is 0.248 e. The maximum absolute atomic E-state index is 12.7. The summed E-state index contributed by atoms with van der Waals surface area (Å²) in [6.45, 7) is 1.82. The van der Waals surface area contributed by atoms with Crippen LogP contribution in [0.1, 0.15) is 32.6 Å². The third-order valence-corrected chi connectivity index (χ3v) is 2.00. The minimum atomic E-state index is -3.85. The van der Waals surface area contributed by atoms with Gasteiger partial charge in [0, 0.05) is 16.9 Å². The highest BCUT2D eigenvalue weighted by Gasteiger charge is 2.41. The van der Waals surface area contributed by atoms with Crippen molar-refractivity contribution in [3.63, 3.8) is 0 Å². The fourth-order valence-corrected chi connectivity index (χ4v) is 1.14. The minimum absolute atomic E-state index is 0.146. The van der Waals surface area contributed by atoms with E-state index >= 15 is 0 Å². The topological polar surface area (TPSA) is 50.1 Å². The summed E-state index contributed by atoms with van der Waals surface area (Å²) < 4.78 is 36.7. The Hall–Kier alpha value is -1.25. The van der Waals surface area contributed by atoms with Gasteiger partial charge >= 0.3 is 11.9 Å². The highest BCUT2D eigenvalue weighted by molar-refractivity contribution is 5.76. The van der Waals surface area contributed by atoms with Gasteiger partial charge in [0.1, 0.15) is 0 Å². The summed E-state index contributed by atoms with van der Waals surface area (Å²) in [4.78, 5) is 12.7. The monoisotopic (exact) mass is 223 g/mol. The standard InChI is InChI=1S/C9H12F3NO2/c1-2-3-7(6-13)4-5-9(10,11)8(14)15-12/h7H,2-5H2,1H3. The van der Waals surface area contributed by atoms with Crippen LogP contribution in [0.5, 0.6) is 0 Å². The normalized spacial score (nSPS) is 13.0. The molecule has 3 nitrogen and oxygen atoms in total. The molecule has 0 fully saturated rings. The van der Waals surface area contributed by atoms with Crippen LogP contribution in [-0.4, -0.2) is 11.9 Å². The summed E-state index contributed by atoms with van der Waals surface area (Å²) in [7, 11) is 0. The van der Waals surface area contributed by atoms with Gasteiger partial charge in [-0.2, -0.15) is 14.0 Å². The van der Waals surface area contributed by atoms with Gasteiger partial charge in [0.15, 0.2) is 0 Å². The molecule has 0 saturated heterocycles. The lowest BCUT2D eigenvalue weighted by Crippen LogP contribution is -2.29. The predicted molar refractivity (Wildman–Crippen MR) is 45.4 cm³/mol. The average molecular weight is 223 g/mol. The number of hydrogen-bond acceptors (Lipinski definition) is 3. The van der Waals surface area contributed by atoms with Crippen molar-refractivity contribution >= 4 is 5.97 Å². The van der Waals surface area contributed by atoms with Gasteiger partial charge in [-0.1, -0.05) is 13.3 Å². The third-order valence-electron chi connectivity index (χ3n) is 2.00. The first-order chi connectivity index (χ1) is 6.97. The van der Waals surface area contributed by atoms with Gasteiger partial charge in [0.2, 0.25) is 0 Å². The highest BCUT2D eigenvalue weighted by atomic mass is 19.3. The fraction of sp³-hybridized carbons (Fsp3) is 0.778. The van der Waals surface area contributed by atoms with Crippen LogP contribution in [0.2, 0.25) is 0 Å². The van der Waals surface area contributed by atoms with Gasteiger partial charge in [-0.05, 0) is 12.8 Å². The number of alkyl halides is 2. The second-order valence-corrected chi connectivity index (χ2v) is 3.22. The Bertz CT molecular complexity index is 250. The molecule has 0 aromatic heterocycles. The quantitative estimate of drug-likeness (QED) is 0.695. The van der Waals surface area contributed by atoms with Crippen molar-refractivity contribution in [1.29, 1.82) is 5.26 Å². The van der Waals surface area contributed by atoms with Crippen molar-refractivity contribution < 1.29 is 23.0 Å². The highest BCUT2D eigenvalue weighted by Crippen LogP contribution is 2.26.